The van der Waals surface area contributed by atoms with Gasteiger partial charge in [0.2, 0.25) is 0 Å². The minimum atomic E-state index is -0.590. The van der Waals surface area contributed by atoms with E-state index in [1.165, 1.54) is 42.5 Å². The van der Waals surface area contributed by atoms with Gasteiger partial charge in [-0.2, -0.15) is 0 Å². The summed E-state index contributed by atoms with van der Waals surface area (Å²) >= 11 is 6.85. The third-order valence-electron chi connectivity index (χ3n) is 3.17. The smallest absolute Gasteiger partial charge is 0.288 e. The molecular weight excluding hydrogens is 369 g/mol. The number of carbonyl (C=O) groups is 1. The van der Waals surface area contributed by atoms with Crippen molar-refractivity contribution >= 4 is 51.9 Å². The quantitative estimate of drug-likeness (QED) is 0.491. The fraction of sp³-hybridized carbons (Fsp3) is 0. The van der Waals surface area contributed by atoms with Gasteiger partial charge in [-0.1, -0.05) is 17.7 Å². The molecule has 25 heavy (non-hydrogen) atoms. The number of nitro benzene ring substituents is 1. The maximum Gasteiger partial charge on any atom is 0.288 e. The molecule has 0 atom stereocenters. The van der Waals surface area contributed by atoms with Gasteiger partial charge in [-0.15, -0.1) is 0 Å². The number of amides is 1. The number of hydrogen-bond acceptors (Lipinski definition) is 5. The molecule has 3 rings (SSSR count). The number of amidine groups is 1. The highest BCUT2D eigenvalue weighted by molar-refractivity contribution is 8.18. The Labute approximate surface area is 150 Å². The van der Waals surface area contributed by atoms with Crippen molar-refractivity contribution in [1.82, 2.24) is 5.32 Å². The van der Waals surface area contributed by atoms with Crippen LogP contribution in [0, 0.1) is 15.9 Å². The number of hydrogen-bond donors (Lipinski definition) is 1. The lowest BCUT2D eigenvalue weighted by Crippen LogP contribution is -2.19. The first-order chi connectivity index (χ1) is 11.9. The van der Waals surface area contributed by atoms with E-state index >= 15 is 0 Å². The highest BCUT2D eigenvalue weighted by Crippen LogP contribution is 2.30. The van der Waals surface area contributed by atoms with E-state index in [2.05, 4.69) is 10.3 Å². The zero-order valence-corrected chi connectivity index (χ0v) is 14.0. The zero-order valence-electron chi connectivity index (χ0n) is 12.4. The standard InChI is InChI=1S/C16H9ClFN3O3S/c17-12-6-1-9(7-13(12)21(23)24)8-14-15(22)20-16(25-14)19-11-4-2-10(18)3-5-11/h1-8H,(H,19,20,22)/b14-8+. The topological polar surface area (TPSA) is 84.6 Å². The molecule has 6 nitrogen and oxygen atoms in total. The number of halogens is 2. The number of rotatable bonds is 3. The molecule has 1 aliphatic rings. The van der Waals surface area contributed by atoms with Gasteiger partial charge in [0, 0.05) is 6.07 Å². The second-order valence-electron chi connectivity index (χ2n) is 4.93. The summed E-state index contributed by atoms with van der Waals surface area (Å²) in [4.78, 5) is 26.9. The highest BCUT2D eigenvalue weighted by Gasteiger charge is 2.24. The van der Waals surface area contributed by atoms with Gasteiger partial charge in [-0.3, -0.25) is 14.9 Å². The highest BCUT2D eigenvalue weighted by atomic mass is 35.5. The van der Waals surface area contributed by atoms with Gasteiger partial charge in [0.15, 0.2) is 5.17 Å². The molecular formula is C16H9ClFN3O3S. The van der Waals surface area contributed by atoms with Crippen molar-refractivity contribution < 1.29 is 14.1 Å². The minimum Gasteiger partial charge on any atom is -0.300 e. The van der Waals surface area contributed by atoms with E-state index in [0.29, 0.717) is 21.3 Å². The van der Waals surface area contributed by atoms with Crippen LogP contribution in [0.5, 0.6) is 0 Å². The lowest BCUT2D eigenvalue weighted by atomic mass is 10.2. The molecule has 0 radical (unpaired) electrons. The van der Waals surface area contributed by atoms with Crippen LogP contribution in [0.3, 0.4) is 0 Å². The predicted octanol–water partition coefficient (Wildman–Crippen LogP) is 4.28. The third kappa shape index (κ3) is 4.04. The van der Waals surface area contributed by atoms with Crippen LogP contribution in [-0.2, 0) is 4.79 Å². The van der Waals surface area contributed by atoms with Crippen LogP contribution in [-0.4, -0.2) is 16.0 Å². The molecule has 0 unspecified atom stereocenters. The number of benzene rings is 2. The Balaban J connectivity index is 1.85. The number of nitro groups is 1. The molecule has 0 aromatic heterocycles. The fourth-order valence-electron chi connectivity index (χ4n) is 2.02. The SMILES string of the molecule is O=C1NC(=Nc2ccc(F)cc2)S/C1=C/c1ccc(Cl)c([N+](=O)[O-])c1. The number of thioether (sulfide) groups is 1. The largest absolute Gasteiger partial charge is 0.300 e. The molecule has 0 bridgehead atoms. The molecule has 0 aliphatic carbocycles. The van der Waals surface area contributed by atoms with Gasteiger partial charge >= 0.3 is 0 Å². The lowest BCUT2D eigenvalue weighted by molar-refractivity contribution is -0.384. The Bertz CT molecular complexity index is 929. The summed E-state index contributed by atoms with van der Waals surface area (Å²) < 4.78 is 12.9. The summed E-state index contributed by atoms with van der Waals surface area (Å²) in [6.07, 6.45) is 1.51. The van der Waals surface area contributed by atoms with E-state index in [1.807, 2.05) is 0 Å². The first kappa shape index (κ1) is 17.1. The average molecular weight is 378 g/mol. The molecule has 2 aromatic rings. The summed E-state index contributed by atoms with van der Waals surface area (Å²) in [6.45, 7) is 0. The van der Waals surface area contributed by atoms with Crippen molar-refractivity contribution in [1.29, 1.82) is 0 Å². The van der Waals surface area contributed by atoms with Crippen molar-refractivity contribution in [3.8, 4) is 0 Å². The van der Waals surface area contributed by atoms with Crippen LogP contribution in [0.25, 0.3) is 6.08 Å². The molecule has 1 N–H and O–H groups in total. The normalized spacial score (nSPS) is 17.1. The van der Waals surface area contributed by atoms with Crippen molar-refractivity contribution in [3.63, 3.8) is 0 Å². The van der Waals surface area contributed by atoms with Crippen molar-refractivity contribution in [2.24, 2.45) is 4.99 Å². The van der Waals surface area contributed by atoms with Crippen LogP contribution < -0.4 is 5.32 Å². The second-order valence-corrected chi connectivity index (χ2v) is 6.36. The average Bonchev–Trinajstić information content (AvgIpc) is 2.90. The maximum absolute atomic E-state index is 12.9. The van der Waals surface area contributed by atoms with E-state index in [4.69, 9.17) is 11.6 Å². The molecule has 2 aromatic carbocycles. The molecule has 1 fully saturated rings. The Morgan fingerprint density at radius 3 is 2.64 bits per heavy atom. The number of aliphatic imine (C=N–C) groups is 1. The molecule has 126 valence electrons. The van der Waals surface area contributed by atoms with Crippen LogP contribution in [0.2, 0.25) is 5.02 Å². The van der Waals surface area contributed by atoms with E-state index in [-0.39, 0.29) is 22.4 Å². The lowest BCUT2D eigenvalue weighted by Gasteiger charge is -1.98. The summed E-state index contributed by atoms with van der Waals surface area (Å²) in [7, 11) is 0. The van der Waals surface area contributed by atoms with E-state index < -0.39 is 4.92 Å². The first-order valence-corrected chi connectivity index (χ1v) is 8.11. The van der Waals surface area contributed by atoms with Crippen LogP contribution in [0.15, 0.2) is 52.4 Å². The van der Waals surface area contributed by atoms with Gasteiger partial charge in [-0.05, 0) is 53.7 Å². The molecule has 1 saturated heterocycles. The summed E-state index contributed by atoms with van der Waals surface area (Å²) in [5, 5.41) is 13.9. The van der Waals surface area contributed by atoms with E-state index in [1.54, 1.807) is 6.07 Å². The number of carbonyl (C=O) groups excluding carboxylic acids is 1. The summed E-state index contributed by atoms with van der Waals surface area (Å²) in [5.41, 5.74) is 0.726. The van der Waals surface area contributed by atoms with Gasteiger partial charge < -0.3 is 5.32 Å². The molecule has 1 heterocycles. The Kier molecular flexibility index (Phi) is 4.82. The Hall–Kier alpha value is -2.71. The number of nitrogens with zero attached hydrogens (tertiary/aromatic N) is 2. The minimum absolute atomic E-state index is 0.0224. The molecule has 0 spiro atoms. The van der Waals surface area contributed by atoms with Crippen LogP contribution >= 0.6 is 23.4 Å². The first-order valence-electron chi connectivity index (χ1n) is 6.91. The molecule has 9 heteroatoms. The Morgan fingerprint density at radius 2 is 1.96 bits per heavy atom. The molecule has 1 aliphatic heterocycles. The van der Waals surface area contributed by atoms with E-state index in [0.717, 1.165) is 11.8 Å². The van der Waals surface area contributed by atoms with Crippen molar-refractivity contribution in [3.05, 3.63) is 73.9 Å². The summed E-state index contributed by atoms with van der Waals surface area (Å²) in [6, 6.07) is 9.77. The van der Waals surface area contributed by atoms with Crippen molar-refractivity contribution in [2.75, 3.05) is 0 Å². The predicted molar refractivity (Wildman–Crippen MR) is 95.3 cm³/mol. The van der Waals surface area contributed by atoms with Crippen LogP contribution in [0.4, 0.5) is 15.8 Å². The van der Waals surface area contributed by atoms with Gasteiger partial charge in [0.25, 0.3) is 11.6 Å². The van der Waals surface area contributed by atoms with Crippen molar-refractivity contribution in [2.45, 2.75) is 0 Å². The molecule has 1 amide bonds. The Morgan fingerprint density at radius 1 is 1.24 bits per heavy atom. The second kappa shape index (κ2) is 7.04. The van der Waals surface area contributed by atoms with Gasteiger partial charge in [0.1, 0.15) is 10.8 Å². The monoisotopic (exact) mass is 377 g/mol. The van der Waals surface area contributed by atoms with E-state index in [9.17, 15) is 19.3 Å². The zero-order chi connectivity index (χ0) is 18.0. The third-order valence-corrected chi connectivity index (χ3v) is 4.40. The number of nitrogens with one attached hydrogen (secondary N) is 1. The maximum atomic E-state index is 12.9. The fourth-order valence-corrected chi connectivity index (χ4v) is 3.05. The van der Waals surface area contributed by atoms with Gasteiger partial charge in [-0.25, -0.2) is 9.38 Å². The molecule has 0 saturated carbocycles. The summed E-state index contributed by atoms with van der Waals surface area (Å²) in [5.74, 6) is -0.750. The van der Waals surface area contributed by atoms with Crippen LogP contribution in [0.1, 0.15) is 5.56 Å². The van der Waals surface area contributed by atoms with Gasteiger partial charge in [0.05, 0.1) is 15.5 Å².